The Balaban J connectivity index is 1.39. The number of carbonyl (C=O) groups is 2. The molecule has 1 heterocycles. The minimum Gasteiger partial charge on any atom is -0.484 e. The number of amides is 2. The van der Waals surface area contributed by atoms with Gasteiger partial charge in [0.1, 0.15) is 5.75 Å². The average molecular weight is 430 g/mol. The lowest BCUT2D eigenvalue weighted by Crippen LogP contribution is -2.51. The first-order chi connectivity index (χ1) is 14.4. The summed E-state index contributed by atoms with van der Waals surface area (Å²) in [5, 5.41) is 3.34. The molecular formula is C23H28ClN3O3. The van der Waals surface area contributed by atoms with Gasteiger partial charge in [-0.1, -0.05) is 49.7 Å². The third-order valence-corrected chi connectivity index (χ3v) is 5.48. The first kappa shape index (κ1) is 22.1. The van der Waals surface area contributed by atoms with Crippen LogP contribution in [0.2, 0.25) is 5.02 Å². The molecule has 0 aliphatic carbocycles. The number of rotatable bonds is 7. The summed E-state index contributed by atoms with van der Waals surface area (Å²) in [4.78, 5) is 28.5. The van der Waals surface area contributed by atoms with Crippen molar-refractivity contribution in [2.75, 3.05) is 44.6 Å². The maximum absolute atomic E-state index is 12.4. The number of benzene rings is 2. The summed E-state index contributed by atoms with van der Waals surface area (Å²) in [7, 11) is 0. The Morgan fingerprint density at radius 2 is 1.70 bits per heavy atom. The first-order valence-corrected chi connectivity index (χ1v) is 10.6. The highest BCUT2D eigenvalue weighted by Crippen LogP contribution is 2.20. The third kappa shape index (κ3) is 6.21. The van der Waals surface area contributed by atoms with Crippen molar-refractivity contribution in [1.29, 1.82) is 0 Å². The summed E-state index contributed by atoms with van der Waals surface area (Å²) in [6, 6.07) is 15.0. The van der Waals surface area contributed by atoms with Gasteiger partial charge in [0, 0.05) is 26.2 Å². The van der Waals surface area contributed by atoms with E-state index in [1.165, 1.54) is 5.56 Å². The van der Waals surface area contributed by atoms with Crippen LogP contribution in [0, 0.1) is 0 Å². The van der Waals surface area contributed by atoms with Gasteiger partial charge in [0.05, 0.1) is 17.3 Å². The summed E-state index contributed by atoms with van der Waals surface area (Å²) in [5.74, 6) is 1.01. The van der Waals surface area contributed by atoms with Gasteiger partial charge in [-0.15, -0.1) is 0 Å². The van der Waals surface area contributed by atoms with Gasteiger partial charge < -0.3 is 15.0 Å². The first-order valence-electron chi connectivity index (χ1n) is 10.2. The Bertz CT molecular complexity index is 862. The van der Waals surface area contributed by atoms with Crippen molar-refractivity contribution >= 4 is 29.1 Å². The molecule has 0 aromatic heterocycles. The van der Waals surface area contributed by atoms with Gasteiger partial charge in [-0.3, -0.25) is 14.5 Å². The van der Waals surface area contributed by atoms with Crippen LogP contribution in [0.3, 0.4) is 0 Å². The Labute approximate surface area is 182 Å². The number of hydrogen-bond donors (Lipinski definition) is 1. The van der Waals surface area contributed by atoms with Crippen molar-refractivity contribution in [3.63, 3.8) is 0 Å². The van der Waals surface area contributed by atoms with Crippen LogP contribution >= 0.6 is 11.6 Å². The monoisotopic (exact) mass is 429 g/mol. The largest absolute Gasteiger partial charge is 0.484 e. The van der Waals surface area contributed by atoms with Gasteiger partial charge in [0.2, 0.25) is 5.91 Å². The summed E-state index contributed by atoms with van der Waals surface area (Å²) < 4.78 is 5.64. The Kier molecular flexibility index (Phi) is 7.71. The van der Waals surface area contributed by atoms with E-state index in [9.17, 15) is 9.59 Å². The molecule has 7 heteroatoms. The molecule has 2 aromatic rings. The molecule has 0 spiro atoms. The lowest BCUT2D eigenvalue weighted by molar-refractivity contribution is -0.135. The lowest BCUT2D eigenvalue weighted by Gasteiger charge is -2.34. The molecule has 1 fully saturated rings. The maximum atomic E-state index is 12.4. The van der Waals surface area contributed by atoms with Crippen LogP contribution in [-0.4, -0.2) is 60.9 Å². The number of ether oxygens (including phenoxy) is 1. The molecule has 1 saturated heterocycles. The molecule has 1 aliphatic rings. The van der Waals surface area contributed by atoms with E-state index in [2.05, 4.69) is 19.2 Å². The van der Waals surface area contributed by atoms with Crippen LogP contribution in [0.25, 0.3) is 0 Å². The summed E-state index contributed by atoms with van der Waals surface area (Å²) in [6.07, 6.45) is 0. The molecule has 0 radical (unpaired) electrons. The fraction of sp³-hybridized carbons (Fsp3) is 0.391. The highest BCUT2D eigenvalue weighted by atomic mass is 35.5. The minimum absolute atomic E-state index is 0.0218. The molecule has 160 valence electrons. The van der Waals surface area contributed by atoms with Crippen LogP contribution in [0.4, 0.5) is 5.69 Å². The Morgan fingerprint density at radius 1 is 1.03 bits per heavy atom. The van der Waals surface area contributed by atoms with Gasteiger partial charge in [0.25, 0.3) is 5.91 Å². The van der Waals surface area contributed by atoms with E-state index in [0.717, 1.165) is 0 Å². The predicted molar refractivity (Wildman–Crippen MR) is 119 cm³/mol. The molecule has 0 saturated carbocycles. The minimum atomic E-state index is -0.115. The second kappa shape index (κ2) is 10.5. The SMILES string of the molecule is CC(C)c1ccc(OCC(=O)N2CCN(CC(=O)Nc3ccccc3Cl)CC2)cc1. The van der Waals surface area contributed by atoms with Crippen molar-refractivity contribution < 1.29 is 14.3 Å². The topological polar surface area (TPSA) is 61.9 Å². The smallest absolute Gasteiger partial charge is 0.260 e. The van der Waals surface area contributed by atoms with Crippen LogP contribution < -0.4 is 10.1 Å². The van der Waals surface area contributed by atoms with Crippen LogP contribution in [-0.2, 0) is 9.59 Å². The molecular weight excluding hydrogens is 402 g/mol. The van der Waals surface area contributed by atoms with E-state index < -0.39 is 0 Å². The lowest BCUT2D eigenvalue weighted by atomic mass is 10.0. The molecule has 0 unspecified atom stereocenters. The standard InChI is InChI=1S/C23H28ClN3O3/c1-17(2)18-7-9-19(10-8-18)30-16-23(29)27-13-11-26(12-14-27)15-22(28)25-21-6-4-3-5-20(21)24/h3-10,17H,11-16H2,1-2H3,(H,25,28). The van der Waals surface area contributed by atoms with Crippen molar-refractivity contribution in [3.8, 4) is 5.75 Å². The van der Waals surface area contributed by atoms with Crippen LogP contribution in [0.15, 0.2) is 48.5 Å². The molecule has 30 heavy (non-hydrogen) atoms. The van der Waals surface area contributed by atoms with Crippen molar-refractivity contribution in [3.05, 3.63) is 59.1 Å². The van der Waals surface area contributed by atoms with Crippen LogP contribution in [0.5, 0.6) is 5.75 Å². The Hall–Kier alpha value is -2.57. The molecule has 2 aromatic carbocycles. The molecule has 3 rings (SSSR count). The summed E-state index contributed by atoms with van der Waals surface area (Å²) >= 11 is 6.08. The highest BCUT2D eigenvalue weighted by Gasteiger charge is 2.23. The second-order valence-electron chi connectivity index (χ2n) is 7.70. The number of hydrogen-bond acceptors (Lipinski definition) is 4. The van der Waals surface area contributed by atoms with E-state index in [1.807, 2.05) is 41.3 Å². The molecule has 6 nitrogen and oxygen atoms in total. The summed E-state index contributed by atoms with van der Waals surface area (Å²) in [5.41, 5.74) is 1.85. The van der Waals surface area contributed by atoms with E-state index in [4.69, 9.17) is 16.3 Å². The normalized spacial score (nSPS) is 14.6. The van der Waals surface area contributed by atoms with Gasteiger partial charge in [-0.2, -0.15) is 0 Å². The van der Waals surface area contributed by atoms with Crippen molar-refractivity contribution in [2.45, 2.75) is 19.8 Å². The second-order valence-corrected chi connectivity index (χ2v) is 8.10. The Morgan fingerprint density at radius 3 is 2.33 bits per heavy atom. The van der Waals surface area contributed by atoms with Crippen molar-refractivity contribution in [1.82, 2.24) is 9.80 Å². The highest BCUT2D eigenvalue weighted by molar-refractivity contribution is 6.33. The molecule has 2 amide bonds. The zero-order valence-electron chi connectivity index (χ0n) is 17.4. The fourth-order valence-corrected chi connectivity index (χ4v) is 3.48. The molecule has 1 aliphatic heterocycles. The molecule has 0 bridgehead atoms. The number of piperazine rings is 1. The zero-order chi connectivity index (χ0) is 21.5. The number of para-hydroxylation sites is 1. The maximum Gasteiger partial charge on any atom is 0.260 e. The third-order valence-electron chi connectivity index (χ3n) is 5.15. The molecule has 0 atom stereocenters. The number of carbonyl (C=O) groups excluding carboxylic acids is 2. The fourth-order valence-electron chi connectivity index (χ4n) is 3.30. The van der Waals surface area contributed by atoms with Gasteiger partial charge in [-0.05, 0) is 35.7 Å². The van der Waals surface area contributed by atoms with E-state index in [1.54, 1.807) is 17.0 Å². The quantitative estimate of drug-likeness (QED) is 0.730. The number of halogens is 1. The predicted octanol–water partition coefficient (Wildman–Crippen LogP) is 3.63. The number of nitrogens with zero attached hydrogens (tertiary/aromatic N) is 2. The van der Waals surface area contributed by atoms with E-state index in [0.29, 0.717) is 48.6 Å². The number of anilines is 1. The zero-order valence-corrected chi connectivity index (χ0v) is 18.2. The summed E-state index contributed by atoms with van der Waals surface area (Å²) in [6.45, 7) is 7.01. The number of nitrogens with one attached hydrogen (secondary N) is 1. The van der Waals surface area contributed by atoms with Gasteiger partial charge in [-0.25, -0.2) is 0 Å². The van der Waals surface area contributed by atoms with Gasteiger partial charge in [0.15, 0.2) is 6.61 Å². The van der Waals surface area contributed by atoms with Crippen molar-refractivity contribution in [2.24, 2.45) is 0 Å². The molecule has 1 N–H and O–H groups in total. The average Bonchev–Trinajstić information content (AvgIpc) is 2.74. The van der Waals surface area contributed by atoms with Crippen LogP contribution in [0.1, 0.15) is 25.3 Å². The van der Waals surface area contributed by atoms with E-state index in [-0.39, 0.29) is 25.0 Å². The van der Waals surface area contributed by atoms with Gasteiger partial charge >= 0.3 is 0 Å². The van der Waals surface area contributed by atoms with E-state index >= 15 is 0 Å².